The first kappa shape index (κ1) is 15.7. The highest BCUT2D eigenvalue weighted by Gasteiger charge is 2.24. The van der Waals surface area contributed by atoms with Crippen molar-refractivity contribution in [2.24, 2.45) is 0 Å². The fourth-order valence-corrected chi connectivity index (χ4v) is 2.78. The Morgan fingerprint density at radius 1 is 1.30 bits per heavy atom. The molecular formula is C18H17ClO4. The first-order chi connectivity index (χ1) is 11.2. The predicted molar refractivity (Wildman–Crippen MR) is 87.1 cm³/mol. The fourth-order valence-electron chi connectivity index (χ4n) is 2.60. The number of methoxy groups -OCH3 is 1. The van der Waals surface area contributed by atoms with Crippen LogP contribution in [0.1, 0.15) is 23.7 Å². The van der Waals surface area contributed by atoms with Gasteiger partial charge in [0, 0.05) is 22.6 Å². The summed E-state index contributed by atoms with van der Waals surface area (Å²) in [5, 5.41) is 0.644. The van der Waals surface area contributed by atoms with Gasteiger partial charge in [0.2, 0.25) is 0 Å². The van der Waals surface area contributed by atoms with Gasteiger partial charge in [-0.3, -0.25) is 4.79 Å². The summed E-state index contributed by atoms with van der Waals surface area (Å²) >= 11 is 6.09. The second-order valence-electron chi connectivity index (χ2n) is 5.29. The van der Waals surface area contributed by atoms with Crippen LogP contribution in [0.15, 0.2) is 42.5 Å². The van der Waals surface area contributed by atoms with Crippen molar-refractivity contribution < 1.29 is 19.0 Å². The Morgan fingerprint density at radius 3 is 2.96 bits per heavy atom. The van der Waals surface area contributed by atoms with Crippen LogP contribution in [0.3, 0.4) is 0 Å². The van der Waals surface area contributed by atoms with Crippen molar-refractivity contribution in [2.45, 2.75) is 18.9 Å². The average Bonchev–Trinajstić information content (AvgIpc) is 2.57. The minimum Gasteiger partial charge on any atom is -0.493 e. The number of carbonyl (C=O) groups excluding carboxylic acids is 1. The number of esters is 1. The molecule has 3 rings (SSSR count). The van der Waals surface area contributed by atoms with Crippen LogP contribution < -0.4 is 9.47 Å². The zero-order valence-corrected chi connectivity index (χ0v) is 13.5. The number of para-hydroxylation sites is 1. The van der Waals surface area contributed by atoms with E-state index in [4.69, 9.17) is 25.8 Å². The maximum absolute atomic E-state index is 11.6. The van der Waals surface area contributed by atoms with Gasteiger partial charge in [-0.1, -0.05) is 29.8 Å². The molecule has 0 radical (unpaired) electrons. The summed E-state index contributed by atoms with van der Waals surface area (Å²) in [6.45, 7) is 0.582. The number of carbonyl (C=O) groups is 1. The van der Waals surface area contributed by atoms with Crippen LogP contribution in [-0.4, -0.2) is 19.7 Å². The summed E-state index contributed by atoms with van der Waals surface area (Å²) in [6, 6.07) is 13.0. The van der Waals surface area contributed by atoms with Crippen molar-refractivity contribution in [3.63, 3.8) is 0 Å². The Kier molecular flexibility index (Phi) is 4.72. The van der Waals surface area contributed by atoms with Gasteiger partial charge in [0.25, 0.3) is 0 Å². The minimum absolute atomic E-state index is 0.156. The Labute approximate surface area is 139 Å². The molecule has 0 spiro atoms. The van der Waals surface area contributed by atoms with Crippen molar-refractivity contribution in [1.82, 2.24) is 0 Å². The van der Waals surface area contributed by atoms with Gasteiger partial charge in [-0.05, 0) is 24.3 Å². The molecule has 0 bridgehead atoms. The molecule has 1 heterocycles. The molecule has 0 fully saturated rings. The maximum atomic E-state index is 11.6. The van der Waals surface area contributed by atoms with Crippen LogP contribution in [0.5, 0.6) is 11.5 Å². The van der Waals surface area contributed by atoms with Crippen LogP contribution in [0, 0.1) is 0 Å². The summed E-state index contributed by atoms with van der Waals surface area (Å²) < 4.78 is 16.6. The van der Waals surface area contributed by atoms with Crippen LogP contribution in [0.4, 0.5) is 0 Å². The second-order valence-corrected chi connectivity index (χ2v) is 5.72. The van der Waals surface area contributed by atoms with E-state index >= 15 is 0 Å². The quantitative estimate of drug-likeness (QED) is 0.795. The maximum Gasteiger partial charge on any atom is 0.310 e. The molecule has 5 heteroatoms. The van der Waals surface area contributed by atoms with E-state index < -0.39 is 0 Å². The number of ether oxygens (including phenoxy) is 3. The average molecular weight is 333 g/mol. The van der Waals surface area contributed by atoms with E-state index in [1.165, 1.54) is 7.11 Å². The molecule has 1 aliphatic rings. The number of hydrogen-bond acceptors (Lipinski definition) is 4. The van der Waals surface area contributed by atoms with E-state index in [1.54, 1.807) is 6.07 Å². The van der Waals surface area contributed by atoms with Gasteiger partial charge in [0.15, 0.2) is 0 Å². The van der Waals surface area contributed by atoms with Crippen molar-refractivity contribution in [3.8, 4) is 11.5 Å². The van der Waals surface area contributed by atoms with Gasteiger partial charge in [-0.25, -0.2) is 0 Å². The molecule has 2 aromatic rings. The van der Waals surface area contributed by atoms with E-state index in [9.17, 15) is 4.79 Å². The van der Waals surface area contributed by atoms with E-state index in [1.807, 2.05) is 36.4 Å². The van der Waals surface area contributed by atoms with Crippen molar-refractivity contribution >= 4 is 17.6 Å². The van der Waals surface area contributed by atoms with E-state index in [0.29, 0.717) is 17.4 Å². The van der Waals surface area contributed by atoms with E-state index in [2.05, 4.69) is 0 Å². The third-order valence-electron chi connectivity index (χ3n) is 3.76. The van der Waals surface area contributed by atoms with Gasteiger partial charge in [-0.15, -0.1) is 0 Å². The zero-order chi connectivity index (χ0) is 16.2. The largest absolute Gasteiger partial charge is 0.493 e. The molecule has 23 heavy (non-hydrogen) atoms. The topological polar surface area (TPSA) is 44.8 Å². The summed E-state index contributed by atoms with van der Waals surface area (Å²) in [5.41, 5.74) is 1.73. The Morgan fingerprint density at radius 2 is 2.13 bits per heavy atom. The van der Waals surface area contributed by atoms with E-state index in [0.717, 1.165) is 23.3 Å². The monoisotopic (exact) mass is 332 g/mol. The van der Waals surface area contributed by atoms with Gasteiger partial charge in [-0.2, -0.15) is 0 Å². The number of fused-ring (bicyclic) bond motifs is 1. The van der Waals surface area contributed by atoms with Gasteiger partial charge in [0.1, 0.15) is 17.6 Å². The smallest absolute Gasteiger partial charge is 0.310 e. The molecule has 0 saturated heterocycles. The van der Waals surface area contributed by atoms with Gasteiger partial charge >= 0.3 is 5.97 Å². The van der Waals surface area contributed by atoms with Crippen LogP contribution in [-0.2, 0) is 16.0 Å². The van der Waals surface area contributed by atoms with Crippen LogP contribution in [0.2, 0.25) is 5.02 Å². The third kappa shape index (κ3) is 3.59. The number of halogens is 1. The lowest BCUT2D eigenvalue weighted by atomic mass is 10.0. The molecule has 120 valence electrons. The molecule has 0 N–H and O–H groups in total. The highest BCUT2D eigenvalue weighted by Crippen LogP contribution is 2.37. The number of hydrogen-bond donors (Lipinski definition) is 0. The minimum atomic E-state index is -0.295. The third-order valence-corrected chi connectivity index (χ3v) is 4.00. The summed E-state index contributed by atoms with van der Waals surface area (Å²) in [7, 11) is 1.38. The van der Waals surface area contributed by atoms with Gasteiger partial charge in [0.05, 0.1) is 20.1 Å². The number of benzene rings is 2. The molecule has 1 aliphatic heterocycles. The highest BCUT2D eigenvalue weighted by atomic mass is 35.5. The fraction of sp³-hybridized carbons (Fsp3) is 0.278. The molecule has 0 saturated carbocycles. The summed E-state index contributed by atoms with van der Waals surface area (Å²) in [4.78, 5) is 11.6. The molecule has 2 aromatic carbocycles. The van der Waals surface area contributed by atoms with Crippen LogP contribution >= 0.6 is 11.6 Å². The summed E-state index contributed by atoms with van der Waals surface area (Å²) in [5.74, 6) is 1.17. The van der Waals surface area contributed by atoms with Crippen molar-refractivity contribution in [3.05, 3.63) is 58.6 Å². The molecule has 1 atom stereocenters. The summed E-state index contributed by atoms with van der Waals surface area (Å²) in [6.07, 6.45) is 0.745. The van der Waals surface area contributed by atoms with E-state index in [-0.39, 0.29) is 18.5 Å². The molecule has 1 unspecified atom stereocenters. The normalized spacial score (nSPS) is 16.2. The zero-order valence-electron chi connectivity index (χ0n) is 12.8. The number of rotatable bonds is 4. The molecule has 0 aromatic heterocycles. The Balaban J connectivity index is 1.86. The van der Waals surface area contributed by atoms with Crippen LogP contribution in [0.25, 0.3) is 0 Å². The molecule has 0 amide bonds. The second kappa shape index (κ2) is 6.92. The first-order valence-electron chi connectivity index (χ1n) is 7.41. The molecule has 4 nitrogen and oxygen atoms in total. The van der Waals surface area contributed by atoms with Crippen molar-refractivity contribution in [1.29, 1.82) is 0 Å². The molecular weight excluding hydrogens is 316 g/mol. The SMILES string of the molecule is COC(=O)Cc1ccccc1OC1CCOc2ccc(Cl)cc21. The standard InChI is InChI=1S/C18H17ClO4/c1-21-18(20)10-12-4-2-3-5-15(12)23-17-8-9-22-16-7-6-13(19)11-14(16)17/h2-7,11,17H,8-10H2,1H3. The Hall–Kier alpha value is -2.20. The molecule has 0 aliphatic carbocycles. The van der Waals surface area contributed by atoms with Crippen molar-refractivity contribution in [2.75, 3.05) is 13.7 Å². The lowest BCUT2D eigenvalue weighted by Gasteiger charge is -2.27. The Bertz CT molecular complexity index is 714. The van der Waals surface area contributed by atoms with Gasteiger partial charge < -0.3 is 14.2 Å². The first-order valence-corrected chi connectivity index (χ1v) is 7.79. The highest BCUT2D eigenvalue weighted by molar-refractivity contribution is 6.30. The lowest BCUT2D eigenvalue weighted by molar-refractivity contribution is -0.139. The lowest BCUT2D eigenvalue weighted by Crippen LogP contribution is -2.19. The predicted octanol–water partition coefficient (Wildman–Crippen LogP) is 3.96.